The van der Waals surface area contributed by atoms with E-state index in [1.165, 1.54) is 15.8 Å². The van der Waals surface area contributed by atoms with E-state index in [9.17, 15) is 33.9 Å². The van der Waals surface area contributed by atoms with Gasteiger partial charge in [0, 0.05) is 99.0 Å². The van der Waals surface area contributed by atoms with Crippen molar-refractivity contribution in [1.82, 2.24) is 34.2 Å². The number of aliphatic hydroxyl groups is 1. The number of rotatable bonds is 8. The number of pyridine rings is 3. The van der Waals surface area contributed by atoms with E-state index >= 15 is 0 Å². The molecule has 0 spiro atoms. The molecule has 1 aromatic carbocycles. The van der Waals surface area contributed by atoms with Gasteiger partial charge in [-0.2, -0.15) is 0 Å². The molecular weight excluding hydrogens is 889 g/mol. The molecule has 4 aromatic heterocycles. The van der Waals surface area contributed by atoms with Crippen LogP contribution in [0, 0.1) is 23.2 Å². The molecule has 2 atom stereocenters. The largest absolute Gasteiger partial charge is 0.392 e. The Kier molecular flexibility index (Phi) is 11.1. The number of hydrogen-bond donors (Lipinski definition) is 3. The van der Waals surface area contributed by atoms with Crippen LogP contribution in [-0.2, 0) is 42.6 Å². The number of piperazine rings is 1. The smallest absolute Gasteiger partial charge is 0.276 e. The number of nitrogens with one attached hydrogen (secondary N) is 2. The molecule has 4 aliphatic heterocycles. The number of aryl methyl sites for hydroxylation is 1. The molecule has 3 N–H and O–H groups in total. The highest BCUT2D eigenvalue weighted by Crippen LogP contribution is 2.41. The van der Waals surface area contributed by atoms with Crippen molar-refractivity contribution in [2.75, 3.05) is 41.3 Å². The summed E-state index contributed by atoms with van der Waals surface area (Å²) >= 11 is 0. The maximum Gasteiger partial charge on any atom is 0.276 e. The number of aromatic nitrogens is 4. The van der Waals surface area contributed by atoms with Gasteiger partial charge in [-0.25, -0.2) is 9.97 Å². The first-order valence-corrected chi connectivity index (χ1v) is 24.1. The normalized spacial score (nSPS) is 22.8. The molecule has 2 aliphatic carbocycles. The molecule has 8 heterocycles. The number of amides is 5. The molecule has 17 heteroatoms. The molecular formula is C53H54N10O7. The summed E-state index contributed by atoms with van der Waals surface area (Å²) in [4.78, 5) is 95.3. The van der Waals surface area contributed by atoms with Gasteiger partial charge in [-0.1, -0.05) is 31.8 Å². The van der Waals surface area contributed by atoms with Crippen molar-refractivity contribution < 1.29 is 29.1 Å². The zero-order chi connectivity index (χ0) is 48.7. The van der Waals surface area contributed by atoms with Crippen molar-refractivity contribution in [3.8, 4) is 23.0 Å². The standard InChI is InChI=1S/C53H54N10O7/c1-30-27-59(36-20-31(21-36)8-9-32-6-5-7-38-46(32)52(70)63(49(38)67)41-11-13-45(65)57-48(41)66)16-17-60(30)35-10-12-44(55-26-35)56-40-22-34(28-58(4)50(40)68)37-14-15-54-47(39(37)29-64)62-19-18-61-42(51(62)69)23-33-24-53(2,3)25-43(33)61/h5-7,10,12,14-15,22-23,26,28,30-31,36,41,64H,11,13,16-21,24-25,27,29H2,1-4H3,(H,55,56)(H,57,65,66)/t30-,31?,36?,41?/m0/s1. The van der Waals surface area contributed by atoms with Crippen LogP contribution in [0.5, 0.6) is 0 Å². The van der Waals surface area contributed by atoms with Crippen molar-refractivity contribution in [2.45, 2.75) is 90.6 Å². The number of hydrogen-bond acceptors (Lipinski definition) is 12. The van der Waals surface area contributed by atoms with Gasteiger partial charge in [0.1, 0.15) is 29.1 Å². The zero-order valence-corrected chi connectivity index (χ0v) is 39.6. The lowest BCUT2D eigenvalue weighted by molar-refractivity contribution is -0.136. The van der Waals surface area contributed by atoms with E-state index < -0.39 is 29.7 Å². The van der Waals surface area contributed by atoms with Crippen LogP contribution < -0.4 is 26.0 Å². The van der Waals surface area contributed by atoms with Gasteiger partial charge >= 0.3 is 0 Å². The average Bonchev–Trinajstić information content (AvgIpc) is 3.91. The van der Waals surface area contributed by atoms with E-state index in [-0.39, 0.29) is 59.4 Å². The monoisotopic (exact) mass is 942 g/mol. The second kappa shape index (κ2) is 17.2. The Morgan fingerprint density at radius 2 is 1.74 bits per heavy atom. The van der Waals surface area contributed by atoms with Gasteiger partial charge < -0.3 is 24.5 Å². The van der Waals surface area contributed by atoms with Crippen LogP contribution in [0.25, 0.3) is 11.1 Å². The van der Waals surface area contributed by atoms with Crippen LogP contribution in [0.2, 0.25) is 0 Å². The number of carbonyl (C=O) groups is 5. The number of benzene rings is 1. The van der Waals surface area contributed by atoms with E-state index in [0.29, 0.717) is 64.4 Å². The topological polar surface area (TPSA) is 195 Å². The second-order valence-corrected chi connectivity index (χ2v) is 20.3. The third-order valence-corrected chi connectivity index (χ3v) is 15.1. The van der Waals surface area contributed by atoms with Crippen LogP contribution in [0.4, 0.5) is 23.0 Å². The Morgan fingerprint density at radius 3 is 2.50 bits per heavy atom. The number of carbonyl (C=O) groups excluding carboxylic acids is 5. The lowest BCUT2D eigenvalue weighted by Gasteiger charge is -2.48. The van der Waals surface area contributed by atoms with Gasteiger partial charge in [0.15, 0.2) is 0 Å². The summed E-state index contributed by atoms with van der Waals surface area (Å²) in [5.41, 5.74) is 7.08. The number of piperidine rings is 1. The van der Waals surface area contributed by atoms with Gasteiger partial charge in [-0.15, -0.1) is 0 Å². The number of imide groups is 2. The number of nitrogens with zero attached hydrogens (tertiary/aromatic N) is 8. The highest BCUT2D eigenvalue weighted by Gasteiger charge is 2.46. The Balaban J connectivity index is 0.720. The van der Waals surface area contributed by atoms with Gasteiger partial charge in [0.2, 0.25) is 11.8 Å². The molecule has 358 valence electrons. The third kappa shape index (κ3) is 7.75. The Labute approximate surface area is 404 Å². The van der Waals surface area contributed by atoms with Gasteiger partial charge in [-0.05, 0) is 98.0 Å². The van der Waals surface area contributed by atoms with Gasteiger partial charge in [0.05, 0.1) is 29.6 Å². The minimum absolute atomic E-state index is 0.0596. The summed E-state index contributed by atoms with van der Waals surface area (Å²) in [6.45, 7) is 9.96. The molecule has 0 bridgehead atoms. The fraction of sp³-hybridized carbons (Fsp3) is 0.396. The molecule has 2 saturated heterocycles. The number of fused-ring (bicyclic) bond motifs is 4. The zero-order valence-electron chi connectivity index (χ0n) is 39.6. The summed E-state index contributed by atoms with van der Waals surface area (Å²) in [5, 5.41) is 16.3. The summed E-state index contributed by atoms with van der Waals surface area (Å²) in [7, 11) is 1.68. The SMILES string of the molecule is C[C@H]1CN(C2CC(C#Cc3cccc4c3C(=O)N(C3CCC(=O)NC3=O)C4=O)C2)CCN1c1ccc(Nc2cc(-c3ccnc(N4CCn5c(cc6c5CC(C)(C)C6)C4=O)c3CO)cn(C)c2=O)nc1. The highest BCUT2D eigenvalue weighted by molar-refractivity contribution is 6.24. The molecule has 70 heavy (non-hydrogen) atoms. The van der Waals surface area contributed by atoms with Gasteiger partial charge in [-0.3, -0.25) is 48.8 Å². The molecule has 6 aliphatic rings. The first kappa shape index (κ1) is 45.0. The van der Waals surface area contributed by atoms with Gasteiger partial charge in [0.25, 0.3) is 23.3 Å². The summed E-state index contributed by atoms with van der Waals surface area (Å²) in [5.74, 6) is 5.28. The van der Waals surface area contributed by atoms with Crippen LogP contribution in [0.3, 0.4) is 0 Å². The quantitative estimate of drug-likeness (QED) is 0.147. The lowest BCUT2D eigenvalue weighted by Crippen LogP contribution is -2.57. The van der Waals surface area contributed by atoms with E-state index in [4.69, 9.17) is 4.98 Å². The highest BCUT2D eigenvalue weighted by atomic mass is 16.3. The minimum Gasteiger partial charge on any atom is -0.392 e. The van der Waals surface area contributed by atoms with Crippen molar-refractivity contribution >= 4 is 52.5 Å². The number of anilines is 4. The van der Waals surface area contributed by atoms with Crippen molar-refractivity contribution in [1.29, 1.82) is 0 Å². The minimum atomic E-state index is -1.03. The maximum atomic E-state index is 14.0. The summed E-state index contributed by atoms with van der Waals surface area (Å²) < 4.78 is 3.65. The fourth-order valence-corrected chi connectivity index (χ4v) is 11.5. The Hall–Kier alpha value is -7.42. The molecule has 5 aromatic rings. The van der Waals surface area contributed by atoms with Crippen LogP contribution in [0.15, 0.2) is 71.9 Å². The summed E-state index contributed by atoms with van der Waals surface area (Å²) in [6.07, 6.45) is 8.99. The molecule has 17 nitrogen and oxygen atoms in total. The fourth-order valence-electron chi connectivity index (χ4n) is 11.5. The Bertz CT molecular complexity index is 3170. The van der Waals surface area contributed by atoms with Crippen molar-refractivity contribution in [2.24, 2.45) is 18.4 Å². The van der Waals surface area contributed by atoms with Crippen molar-refractivity contribution in [3.05, 3.63) is 117 Å². The lowest BCUT2D eigenvalue weighted by atomic mass is 9.79. The van der Waals surface area contributed by atoms with Crippen LogP contribution >= 0.6 is 0 Å². The second-order valence-electron chi connectivity index (χ2n) is 20.3. The van der Waals surface area contributed by atoms with E-state index in [2.05, 4.69) is 62.6 Å². The third-order valence-electron chi connectivity index (χ3n) is 15.1. The molecule has 1 saturated carbocycles. The summed E-state index contributed by atoms with van der Waals surface area (Å²) in [6, 6.07) is 14.0. The first-order valence-electron chi connectivity index (χ1n) is 24.1. The molecule has 11 rings (SSSR count). The van der Waals surface area contributed by atoms with Crippen LogP contribution in [-0.4, -0.2) is 108 Å². The molecule has 3 fully saturated rings. The molecule has 5 amide bonds. The molecule has 1 unspecified atom stereocenters. The maximum absolute atomic E-state index is 14.0. The Morgan fingerprint density at radius 1 is 0.914 bits per heavy atom. The van der Waals surface area contributed by atoms with E-state index in [1.54, 1.807) is 54.7 Å². The van der Waals surface area contributed by atoms with Crippen molar-refractivity contribution in [3.63, 3.8) is 0 Å². The predicted octanol–water partition coefficient (Wildman–Crippen LogP) is 4.41. The predicted molar refractivity (Wildman–Crippen MR) is 261 cm³/mol. The van der Waals surface area contributed by atoms with E-state index in [0.717, 1.165) is 55.9 Å². The molecule has 0 radical (unpaired) electrons. The van der Waals surface area contributed by atoms with E-state index in [1.807, 2.05) is 24.4 Å². The number of aliphatic hydroxyl groups excluding tert-OH is 1. The first-order chi connectivity index (χ1) is 33.7. The van der Waals surface area contributed by atoms with Crippen LogP contribution in [0.1, 0.15) is 100 Å². The average molecular weight is 943 g/mol.